The van der Waals surface area contributed by atoms with Crippen LogP contribution in [-0.2, 0) is 11.2 Å². The van der Waals surface area contributed by atoms with Crippen molar-refractivity contribution in [2.24, 2.45) is 11.3 Å². The van der Waals surface area contributed by atoms with Crippen LogP contribution in [0.15, 0.2) is 35.1 Å². The zero-order chi connectivity index (χ0) is 27.9. The summed E-state index contributed by atoms with van der Waals surface area (Å²) in [5.74, 6) is 0.817. The second-order valence-electron chi connectivity index (χ2n) is 11.4. The van der Waals surface area contributed by atoms with Gasteiger partial charge in [0.05, 0.1) is 18.1 Å². The Kier molecular flexibility index (Phi) is 7.40. The molecule has 2 aromatic heterocycles. The fourth-order valence-corrected chi connectivity index (χ4v) is 6.42. The van der Waals surface area contributed by atoms with E-state index < -0.39 is 12.1 Å². The number of carbonyl (C=O) groups is 2. The summed E-state index contributed by atoms with van der Waals surface area (Å²) in [4.78, 5) is 43.7. The Morgan fingerprint density at radius 2 is 1.87 bits per heavy atom. The number of hydrogen-bond acceptors (Lipinski definition) is 4. The second-order valence-corrected chi connectivity index (χ2v) is 11.4. The number of likely N-dealkylation sites (tertiary alicyclic amines) is 1. The molecule has 2 fully saturated rings. The van der Waals surface area contributed by atoms with E-state index in [0.717, 1.165) is 29.4 Å². The Balaban J connectivity index is 1.36. The number of aryl methyl sites for hydroxylation is 1. The molecule has 0 spiro atoms. The third-order valence-corrected chi connectivity index (χ3v) is 8.97. The Morgan fingerprint density at radius 1 is 1.18 bits per heavy atom. The number of ether oxygens (including phenoxy) is 1. The number of rotatable bonds is 9. The number of ketones is 1. The van der Waals surface area contributed by atoms with Crippen molar-refractivity contribution in [3.05, 3.63) is 63.2 Å². The highest BCUT2D eigenvalue weighted by molar-refractivity contribution is 6.09. The van der Waals surface area contributed by atoms with Gasteiger partial charge in [-0.15, -0.1) is 0 Å². The summed E-state index contributed by atoms with van der Waals surface area (Å²) in [6.45, 7) is 6.72. The predicted molar refractivity (Wildman–Crippen MR) is 149 cm³/mol. The minimum Gasteiger partial charge on any atom is -0.496 e. The van der Waals surface area contributed by atoms with Crippen LogP contribution in [0.1, 0.15) is 72.4 Å². The molecule has 0 bridgehead atoms. The van der Waals surface area contributed by atoms with Crippen LogP contribution < -0.4 is 10.3 Å². The van der Waals surface area contributed by atoms with Gasteiger partial charge in [-0.3, -0.25) is 14.4 Å². The Bertz CT molecular complexity index is 1460. The molecule has 3 aromatic rings. The van der Waals surface area contributed by atoms with Gasteiger partial charge in [0.1, 0.15) is 12.4 Å². The van der Waals surface area contributed by atoms with Crippen LogP contribution in [0.2, 0.25) is 0 Å². The van der Waals surface area contributed by atoms with E-state index in [2.05, 4.69) is 22.5 Å². The molecule has 1 amide bonds. The van der Waals surface area contributed by atoms with Gasteiger partial charge in [0.15, 0.2) is 5.78 Å². The predicted octanol–water partition coefficient (Wildman–Crippen LogP) is 5.32. The molecule has 1 aliphatic heterocycles. The monoisotopic (exact) mass is 535 g/mol. The van der Waals surface area contributed by atoms with Crippen molar-refractivity contribution >= 4 is 22.6 Å². The molecule has 0 radical (unpaired) electrons. The normalized spacial score (nSPS) is 17.8. The first-order valence-corrected chi connectivity index (χ1v) is 14.0. The maximum atomic E-state index is 13.6. The molecule has 3 heterocycles. The SMILES string of the molecule is COc1cc(C)[nH]c(=O)c1CCC(=O)c1c(C)n([C@H](C)C2CCN(C(=O)C3(CF)CC3)CC2)c2ccccc12. The minimum absolute atomic E-state index is 0.00181. The molecule has 1 aromatic carbocycles. The third kappa shape index (κ3) is 4.90. The molecule has 2 aliphatic rings. The summed E-state index contributed by atoms with van der Waals surface area (Å²) in [6, 6.07) is 9.89. The largest absolute Gasteiger partial charge is 0.496 e. The maximum absolute atomic E-state index is 13.6. The fourth-order valence-electron chi connectivity index (χ4n) is 6.42. The molecule has 5 rings (SSSR count). The number of carbonyl (C=O) groups excluding carboxylic acids is 2. The summed E-state index contributed by atoms with van der Waals surface area (Å²) in [6.07, 6.45) is 3.51. The first-order chi connectivity index (χ1) is 18.7. The number of alkyl halides is 1. The van der Waals surface area contributed by atoms with E-state index in [0.29, 0.717) is 60.8 Å². The van der Waals surface area contributed by atoms with Crippen LogP contribution in [-0.4, -0.2) is 53.0 Å². The molecule has 1 atom stereocenters. The Labute approximate surface area is 228 Å². The maximum Gasteiger partial charge on any atom is 0.255 e. The molecular weight excluding hydrogens is 497 g/mol. The van der Waals surface area contributed by atoms with Gasteiger partial charge in [-0.2, -0.15) is 0 Å². The quantitative estimate of drug-likeness (QED) is 0.376. The molecular formula is C31H38FN3O4. The Morgan fingerprint density at radius 3 is 2.51 bits per heavy atom. The average Bonchev–Trinajstić information content (AvgIpc) is 3.68. The number of halogens is 1. The standard InChI is InChI=1S/C31H38FN3O4/c1-19-17-27(39-4)24(29(37)33-19)9-10-26(36)28-21(3)35(25-8-6-5-7-23(25)28)20(2)22-11-15-34(16-12-22)30(38)31(18-32)13-14-31/h5-8,17,20,22H,9-16,18H2,1-4H3,(H,33,37)/t20-/m1/s1. The number of aromatic nitrogens is 2. The zero-order valence-electron chi connectivity index (χ0n) is 23.3. The van der Waals surface area contributed by atoms with Gasteiger partial charge in [-0.1, -0.05) is 18.2 Å². The van der Waals surface area contributed by atoms with Crippen molar-refractivity contribution in [2.75, 3.05) is 26.9 Å². The van der Waals surface area contributed by atoms with E-state index in [4.69, 9.17) is 4.74 Å². The van der Waals surface area contributed by atoms with Crippen molar-refractivity contribution in [3.8, 4) is 5.75 Å². The lowest BCUT2D eigenvalue weighted by Crippen LogP contribution is -2.44. The van der Waals surface area contributed by atoms with Crippen LogP contribution in [0.3, 0.4) is 0 Å². The van der Waals surface area contributed by atoms with Crippen molar-refractivity contribution in [3.63, 3.8) is 0 Å². The van der Waals surface area contributed by atoms with Crippen LogP contribution in [0.25, 0.3) is 10.9 Å². The van der Waals surface area contributed by atoms with Gasteiger partial charge in [-0.25, -0.2) is 4.39 Å². The number of pyridine rings is 1. The number of H-pyrrole nitrogens is 1. The van der Waals surface area contributed by atoms with E-state index in [-0.39, 0.29) is 29.7 Å². The summed E-state index contributed by atoms with van der Waals surface area (Å²) in [5.41, 5.74) is 2.87. The molecule has 0 unspecified atom stereocenters. The average molecular weight is 536 g/mol. The van der Waals surface area contributed by atoms with Gasteiger partial charge >= 0.3 is 0 Å². The van der Waals surface area contributed by atoms with Gasteiger partial charge in [0.2, 0.25) is 5.91 Å². The lowest BCUT2D eigenvalue weighted by atomic mass is 9.89. The number of nitrogens with zero attached hydrogens (tertiary/aromatic N) is 2. The number of hydrogen-bond donors (Lipinski definition) is 1. The second kappa shape index (κ2) is 10.6. The van der Waals surface area contributed by atoms with Gasteiger partial charge < -0.3 is 19.2 Å². The van der Waals surface area contributed by atoms with Gasteiger partial charge in [0.25, 0.3) is 5.56 Å². The van der Waals surface area contributed by atoms with Crippen molar-refractivity contribution in [1.82, 2.24) is 14.5 Å². The highest BCUT2D eigenvalue weighted by Gasteiger charge is 2.52. The number of amides is 1. The first-order valence-electron chi connectivity index (χ1n) is 14.0. The Hall–Kier alpha value is -3.42. The van der Waals surface area contributed by atoms with E-state index in [1.54, 1.807) is 13.0 Å². The first kappa shape index (κ1) is 27.2. The molecule has 7 nitrogen and oxygen atoms in total. The smallest absolute Gasteiger partial charge is 0.255 e. The molecule has 8 heteroatoms. The topological polar surface area (TPSA) is 84.4 Å². The van der Waals surface area contributed by atoms with E-state index in [9.17, 15) is 18.8 Å². The summed E-state index contributed by atoms with van der Waals surface area (Å²) in [5, 5.41) is 0.919. The number of methoxy groups -OCH3 is 1. The van der Waals surface area contributed by atoms with Crippen molar-refractivity contribution in [1.29, 1.82) is 0 Å². The van der Waals surface area contributed by atoms with Crippen LogP contribution in [0.5, 0.6) is 5.75 Å². The van der Waals surface area contributed by atoms with Crippen LogP contribution in [0, 0.1) is 25.2 Å². The molecule has 1 saturated heterocycles. The van der Waals surface area contributed by atoms with E-state index in [1.165, 1.54) is 7.11 Å². The highest BCUT2D eigenvalue weighted by atomic mass is 19.1. The number of benzene rings is 1. The number of fused-ring (bicyclic) bond motifs is 1. The molecule has 1 N–H and O–H groups in total. The summed E-state index contributed by atoms with van der Waals surface area (Å²) in [7, 11) is 1.53. The zero-order valence-corrected chi connectivity index (χ0v) is 23.3. The van der Waals surface area contributed by atoms with E-state index in [1.807, 2.05) is 30.0 Å². The lowest BCUT2D eigenvalue weighted by Gasteiger charge is -2.37. The molecule has 208 valence electrons. The molecule has 1 saturated carbocycles. The van der Waals surface area contributed by atoms with Crippen LogP contribution >= 0.6 is 0 Å². The number of aromatic amines is 1. The van der Waals surface area contributed by atoms with Gasteiger partial charge in [0, 0.05) is 53.4 Å². The number of Topliss-reactive ketones (excluding diaryl/α,β-unsaturated/α-hetero) is 1. The van der Waals surface area contributed by atoms with Crippen molar-refractivity contribution in [2.45, 2.75) is 65.3 Å². The van der Waals surface area contributed by atoms with E-state index >= 15 is 0 Å². The van der Waals surface area contributed by atoms with Crippen molar-refractivity contribution < 1.29 is 18.7 Å². The van der Waals surface area contributed by atoms with Crippen LogP contribution in [0.4, 0.5) is 4.39 Å². The molecule has 39 heavy (non-hydrogen) atoms. The number of piperidine rings is 1. The fraction of sp³-hybridized carbons (Fsp3) is 0.516. The highest BCUT2D eigenvalue weighted by Crippen LogP contribution is 2.48. The lowest BCUT2D eigenvalue weighted by molar-refractivity contribution is -0.139. The number of para-hydroxylation sites is 1. The minimum atomic E-state index is -0.742. The molecule has 1 aliphatic carbocycles. The number of nitrogens with one attached hydrogen (secondary N) is 1. The van der Waals surface area contributed by atoms with Gasteiger partial charge in [-0.05, 0) is 70.9 Å². The summed E-state index contributed by atoms with van der Waals surface area (Å²) < 4.78 is 21.1. The summed E-state index contributed by atoms with van der Waals surface area (Å²) >= 11 is 0. The third-order valence-electron chi connectivity index (χ3n) is 8.97.